The second-order valence-electron chi connectivity index (χ2n) is 6.59. The van der Waals surface area contributed by atoms with Crippen molar-refractivity contribution in [2.75, 3.05) is 120 Å². The Balaban J connectivity index is 3.35. The van der Waals surface area contributed by atoms with Gasteiger partial charge in [0.05, 0.1) is 79.3 Å². The van der Waals surface area contributed by atoms with E-state index in [1.165, 1.54) is 24.0 Å². The van der Waals surface area contributed by atoms with Crippen LogP contribution in [0.25, 0.3) is 0 Å². The first-order valence-electron chi connectivity index (χ1n) is 10.8. The van der Waals surface area contributed by atoms with Gasteiger partial charge in [-0.15, -0.1) is 0 Å². The molecule has 13 heteroatoms. The van der Waals surface area contributed by atoms with E-state index in [0.717, 1.165) is 0 Å². The van der Waals surface area contributed by atoms with Gasteiger partial charge in [0.2, 0.25) is 0 Å². The van der Waals surface area contributed by atoms with Crippen molar-refractivity contribution in [1.29, 1.82) is 0 Å². The molecule has 0 aromatic rings. The molecule has 0 rings (SSSR count). The van der Waals surface area contributed by atoms with Crippen molar-refractivity contribution in [1.82, 2.24) is 9.80 Å². The molecular formula is C20H40N2O11. The largest absolute Gasteiger partial charge is 0.465 e. The monoisotopic (exact) mass is 484 g/mol. The van der Waals surface area contributed by atoms with E-state index >= 15 is 0 Å². The molecule has 0 aliphatic heterocycles. The zero-order chi connectivity index (χ0) is 24.6. The zero-order valence-electron chi connectivity index (χ0n) is 19.8. The number of ether oxygens (including phenoxy) is 7. The Bertz CT molecular complexity index is 431. The van der Waals surface area contributed by atoms with Gasteiger partial charge >= 0.3 is 12.2 Å². The van der Waals surface area contributed by atoms with Crippen molar-refractivity contribution in [2.45, 2.75) is 0 Å². The van der Waals surface area contributed by atoms with Gasteiger partial charge in [0.1, 0.15) is 0 Å². The van der Waals surface area contributed by atoms with Crippen LogP contribution in [-0.2, 0) is 33.2 Å². The van der Waals surface area contributed by atoms with Gasteiger partial charge in [-0.1, -0.05) is 0 Å². The molecule has 0 saturated carbocycles. The Morgan fingerprint density at radius 1 is 0.485 bits per heavy atom. The number of carboxylic acid groups (broad SMARTS) is 2. The van der Waals surface area contributed by atoms with Crippen LogP contribution in [0.1, 0.15) is 0 Å². The SMILES string of the molecule is COCCN(CCOCCOCCOCCOCCOCCN(CCOC)C(=O)O)C(=O)O. The summed E-state index contributed by atoms with van der Waals surface area (Å²) in [6.07, 6.45) is -2.00. The highest BCUT2D eigenvalue weighted by Gasteiger charge is 2.11. The van der Waals surface area contributed by atoms with E-state index in [9.17, 15) is 9.59 Å². The number of amides is 2. The third-order valence-electron chi connectivity index (χ3n) is 4.17. The second-order valence-corrected chi connectivity index (χ2v) is 6.59. The Morgan fingerprint density at radius 3 is 0.970 bits per heavy atom. The summed E-state index contributed by atoms with van der Waals surface area (Å²) in [7, 11) is 3.04. The molecule has 2 amide bonds. The maximum atomic E-state index is 11.0. The number of hydrogen-bond donors (Lipinski definition) is 2. The van der Waals surface area contributed by atoms with Gasteiger partial charge in [-0.2, -0.15) is 0 Å². The van der Waals surface area contributed by atoms with Crippen molar-refractivity contribution >= 4 is 12.2 Å². The summed E-state index contributed by atoms with van der Waals surface area (Å²) in [4.78, 5) is 24.5. The van der Waals surface area contributed by atoms with Crippen LogP contribution in [0.15, 0.2) is 0 Å². The van der Waals surface area contributed by atoms with E-state index in [4.69, 9.17) is 43.4 Å². The van der Waals surface area contributed by atoms with Crippen LogP contribution >= 0.6 is 0 Å². The molecule has 0 aromatic heterocycles. The minimum Gasteiger partial charge on any atom is -0.465 e. The van der Waals surface area contributed by atoms with Crippen molar-refractivity contribution in [3.05, 3.63) is 0 Å². The third kappa shape index (κ3) is 20.6. The van der Waals surface area contributed by atoms with E-state index in [-0.39, 0.29) is 13.1 Å². The van der Waals surface area contributed by atoms with Gasteiger partial charge in [0.25, 0.3) is 0 Å². The second kappa shape index (κ2) is 23.4. The van der Waals surface area contributed by atoms with Gasteiger partial charge in [0, 0.05) is 40.4 Å². The van der Waals surface area contributed by atoms with Crippen molar-refractivity contribution in [3.8, 4) is 0 Å². The molecule has 0 heterocycles. The lowest BCUT2D eigenvalue weighted by molar-refractivity contribution is -0.0133. The average molecular weight is 485 g/mol. The van der Waals surface area contributed by atoms with Crippen molar-refractivity contribution in [3.63, 3.8) is 0 Å². The van der Waals surface area contributed by atoms with Crippen LogP contribution < -0.4 is 0 Å². The van der Waals surface area contributed by atoms with Crippen LogP contribution in [0.5, 0.6) is 0 Å². The maximum Gasteiger partial charge on any atom is 0.407 e. The molecule has 0 bridgehead atoms. The van der Waals surface area contributed by atoms with E-state index < -0.39 is 12.2 Å². The molecule has 0 unspecified atom stereocenters. The molecule has 0 aliphatic rings. The predicted molar refractivity (Wildman–Crippen MR) is 117 cm³/mol. The highest BCUT2D eigenvalue weighted by Crippen LogP contribution is 1.92. The summed E-state index contributed by atoms with van der Waals surface area (Å²) in [5.41, 5.74) is 0. The Morgan fingerprint density at radius 2 is 0.727 bits per heavy atom. The molecule has 0 fully saturated rings. The smallest absolute Gasteiger partial charge is 0.407 e. The summed E-state index contributed by atoms with van der Waals surface area (Å²) in [5, 5.41) is 18.0. The summed E-state index contributed by atoms with van der Waals surface area (Å²) < 4.78 is 36.6. The van der Waals surface area contributed by atoms with Gasteiger partial charge in [0.15, 0.2) is 0 Å². The Hall–Kier alpha value is -1.74. The van der Waals surface area contributed by atoms with Gasteiger partial charge in [-0.3, -0.25) is 0 Å². The van der Waals surface area contributed by atoms with E-state index in [1.54, 1.807) is 0 Å². The molecule has 0 aromatic carbocycles. The molecule has 0 aliphatic carbocycles. The van der Waals surface area contributed by atoms with Crippen molar-refractivity contribution in [2.24, 2.45) is 0 Å². The molecule has 0 atom stereocenters. The van der Waals surface area contributed by atoms with Crippen LogP contribution in [-0.4, -0.2) is 152 Å². The lowest BCUT2D eigenvalue weighted by Gasteiger charge is -2.18. The van der Waals surface area contributed by atoms with E-state index in [1.807, 2.05) is 0 Å². The first kappa shape index (κ1) is 31.3. The molecular weight excluding hydrogens is 444 g/mol. The maximum absolute atomic E-state index is 11.0. The highest BCUT2D eigenvalue weighted by atomic mass is 16.6. The normalized spacial score (nSPS) is 11.0. The lowest BCUT2D eigenvalue weighted by atomic mass is 10.5. The average Bonchev–Trinajstić information content (AvgIpc) is 2.79. The first-order valence-corrected chi connectivity index (χ1v) is 10.8. The van der Waals surface area contributed by atoms with Gasteiger partial charge in [-0.25, -0.2) is 9.59 Å². The predicted octanol–water partition coefficient (Wildman–Crippen LogP) is 0.322. The Labute approximate surface area is 195 Å². The summed E-state index contributed by atoms with van der Waals surface area (Å²) in [5.74, 6) is 0. The molecule has 0 saturated heterocycles. The number of hydrogen-bond acceptors (Lipinski definition) is 9. The van der Waals surface area contributed by atoms with Crippen molar-refractivity contribution < 1.29 is 53.0 Å². The molecule has 196 valence electrons. The standard InChI is InChI=1S/C20H40N2O11/c1-27-7-3-21(19(23)24)5-9-29-11-13-31-15-17-33-18-16-32-14-12-30-10-6-22(20(25)26)4-8-28-2/h3-18H2,1-2H3,(H,23,24)(H,25,26). The Kier molecular flexibility index (Phi) is 22.2. The molecule has 0 radical (unpaired) electrons. The topological polar surface area (TPSA) is 146 Å². The lowest BCUT2D eigenvalue weighted by Crippen LogP contribution is -2.35. The van der Waals surface area contributed by atoms with Gasteiger partial charge < -0.3 is 53.2 Å². The molecule has 0 spiro atoms. The highest BCUT2D eigenvalue weighted by molar-refractivity contribution is 5.65. The first-order chi connectivity index (χ1) is 16.0. The van der Waals surface area contributed by atoms with Crippen LogP contribution in [0, 0.1) is 0 Å². The zero-order valence-corrected chi connectivity index (χ0v) is 19.8. The van der Waals surface area contributed by atoms with E-state index in [2.05, 4.69) is 0 Å². The summed E-state index contributed by atoms with van der Waals surface area (Å²) in [6, 6.07) is 0. The summed E-state index contributed by atoms with van der Waals surface area (Å²) >= 11 is 0. The minimum absolute atomic E-state index is 0.280. The molecule has 2 N–H and O–H groups in total. The van der Waals surface area contributed by atoms with Crippen LogP contribution in [0.4, 0.5) is 9.59 Å². The third-order valence-corrected chi connectivity index (χ3v) is 4.17. The number of carbonyl (C=O) groups is 2. The molecule has 33 heavy (non-hydrogen) atoms. The fraction of sp³-hybridized carbons (Fsp3) is 0.900. The molecule has 13 nitrogen and oxygen atoms in total. The fourth-order valence-electron chi connectivity index (χ4n) is 2.34. The van der Waals surface area contributed by atoms with Crippen LogP contribution in [0.2, 0.25) is 0 Å². The quantitative estimate of drug-likeness (QED) is 0.183. The summed E-state index contributed by atoms with van der Waals surface area (Å²) in [6.45, 7) is 5.68. The van der Waals surface area contributed by atoms with E-state index in [0.29, 0.717) is 92.4 Å². The number of rotatable bonds is 24. The van der Waals surface area contributed by atoms with Gasteiger partial charge in [-0.05, 0) is 0 Å². The van der Waals surface area contributed by atoms with Crippen LogP contribution in [0.3, 0.4) is 0 Å². The number of methoxy groups -OCH3 is 2. The number of nitrogens with zero attached hydrogens (tertiary/aromatic N) is 2. The minimum atomic E-state index is -0.999. The fourth-order valence-corrected chi connectivity index (χ4v) is 2.34.